The number of benzene rings is 2. The first kappa shape index (κ1) is 20.1. The summed E-state index contributed by atoms with van der Waals surface area (Å²) in [7, 11) is 0. The van der Waals surface area contributed by atoms with Crippen molar-refractivity contribution in [3.63, 3.8) is 0 Å². The lowest BCUT2D eigenvalue weighted by Crippen LogP contribution is -2.19. The molecule has 2 amide bonds. The van der Waals surface area contributed by atoms with E-state index in [1.807, 2.05) is 4.90 Å². The summed E-state index contributed by atoms with van der Waals surface area (Å²) in [6.07, 6.45) is 3.41. The largest absolute Gasteiger partial charge is 0.459 e. The van der Waals surface area contributed by atoms with Crippen molar-refractivity contribution in [1.29, 1.82) is 0 Å². The number of hydrogen-bond acceptors (Lipinski definition) is 6. The van der Waals surface area contributed by atoms with Crippen LogP contribution in [0.1, 0.15) is 33.8 Å². The highest BCUT2D eigenvalue weighted by atomic mass is 16.6. The highest BCUT2D eigenvalue weighted by Gasteiger charge is 2.24. The van der Waals surface area contributed by atoms with Gasteiger partial charge >= 0.3 is 0 Å². The predicted molar refractivity (Wildman–Crippen MR) is 116 cm³/mol. The molecule has 0 bridgehead atoms. The van der Waals surface area contributed by atoms with E-state index in [-0.39, 0.29) is 22.9 Å². The van der Waals surface area contributed by atoms with E-state index in [4.69, 9.17) is 4.42 Å². The number of amides is 2. The Bertz CT molecular complexity index is 1100. The average Bonchev–Trinajstić information content (AvgIpc) is 3.49. The van der Waals surface area contributed by atoms with Gasteiger partial charge in [-0.2, -0.15) is 0 Å². The SMILES string of the molecule is O=C(Nc1ccc(NC(=O)c2ccco2)cc1)c1ccc(N2CCCC2)c([N+](=O)[O-])c1. The second-order valence-electron chi connectivity index (χ2n) is 7.12. The molecule has 0 aliphatic carbocycles. The predicted octanol–water partition coefficient (Wildman–Crippen LogP) is 4.29. The number of hydrogen-bond donors (Lipinski definition) is 2. The van der Waals surface area contributed by atoms with Gasteiger partial charge in [0.05, 0.1) is 11.2 Å². The third kappa shape index (κ3) is 4.55. The maximum atomic E-state index is 12.6. The Labute approximate surface area is 177 Å². The van der Waals surface area contributed by atoms with E-state index in [0.717, 1.165) is 25.9 Å². The van der Waals surface area contributed by atoms with Crippen molar-refractivity contribution in [3.05, 3.63) is 82.3 Å². The first-order valence-electron chi connectivity index (χ1n) is 9.81. The Hall–Kier alpha value is -4.14. The molecule has 0 unspecified atom stereocenters. The zero-order valence-corrected chi connectivity index (χ0v) is 16.5. The number of carbonyl (C=O) groups is 2. The topological polar surface area (TPSA) is 118 Å². The summed E-state index contributed by atoms with van der Waals surface area (Å²) < 4.78 is 5.04. The number of nitrogens with zero attached hydrogens (tertiary/aromatic N) is 2. The van der Waals surface area contributed by atoms with Crippen molar-refractivity contribution in [2.24, 2.45) is 0 Å². The monoisotopic (exact) mass is 420 g/mol. The van der Waals surface area contributed by atoms with Crippen molar-refractivity contribution in [1.82, 2.24) is 0 Å². The Morgan fingerprint density at radius 3 is 2.16 bits per heavy atom. The van der Waals surface area contributed by atoms with Gasteiger partial charge in [0.1, 0.15) is 5.69 Å². The molecule has 158 valence electrons. The third-order valence-electron chi connectivity index (χ3n) is 5.03. The summed E-state index contributed by atoms with van der Waals surface area (Å²) in [5, 5.41) is 16.9. The minimum Gasteiger partial charge on any atom is -0.459 e. The molecule has 1 fully saturated rings. The summed E-state index contributed by atoms with van der Waals surface area (Å²) >= 11 is 0. The molecule has 1 saturated heterocycles. The van der Waals surface area contributed by atoms with E-state index in [2.05, 4.69) is 10.6 Å². The Morgan fingerprint density at radius 2 is 1.58 bits per heavy atom. The van der Waals surface area contributed by atoms with Gasteiger partial charge in [0, 0.05) is 36.1 Å². The minimum absolute atomic E-state index is 0.0782. The van der Waals surface area contributed by atoms with Crippen molar-refractivity contribution in [2.75, 3.05) is 28.6 Å². The maximum absolute atomic E-state index is 12.6. The molecule has 1 aliphatic heterocycles. The summed E-state index contributed by atoms with van der Waals surface area (Å²) in [5.74, 6) is -0.646. The zero-order chi connectivity index (χ0) is 21.8. The quantitative estimate of drug-likeness (QED) is 0.454. The molecule has 2 N–H and O–H groups in total. The molecule has 2 aromatic carbocycles. The van der Waals surface area contributed by atoms with Crippen LogP contribution in [0.4, 0.5) is 22.7 Å². The molecule has 9 heteroatoms. The van der Waals surface area contributed by atoms with Crippen LogP contribution in [0.15, 0.2) is 65.3 Å². The van der Waals surface area contributed by atoms with Gasteiger partial charge in [0.15, 0.2) is 5.76 Å². The first-order chi connectivity index (χ1) is 15.0. The minimum atomic E-state index is -0.457. The Morgan fingerprint density at radius 1 is 0.935 bits per heavy atom. The molecular formula is C22H20N4O5. The van der Waals surface area contributed by atoms with E-state index in [1.165, 1.54) is 12.3 Å². The van der Waals surface area contributed by atoms with Crippen LogP contribution in [0.25, 0.3) is 0 Å². The molecular weight excluding hydrogens is 400 g/mol. The van der Waals surface area contributed by atoms with Crippen LogP contribution in [-0.4, -0.2) is 29.8 Å². The van der Waals surface area contributed by atoms with Crippen molar-refractivity contribution in [2.45, 2.75) is 12.8 Å². The molecule has 9 nitrogen and oxygen atoms in total. The molecule has 0 radical (unpaired) electrons. The summed E-state index contributed by atoms with van der Waals surface area (Å²) in [4.78, 5) is 37.6. The fraction of sp³-hybridized carbons (Fsp3) is 0.182. The lowest BCUT2D eigenvalue weighted by molar-refractivity contribution is -0.384. The van der Waals surface area contributed by atoms with E-state index in [1.54, 1.807) is 48.5 Å². The smallest absolute Gasteiger partial charge is 0.293 e. The van der Waals surface area contributed by atoms with Crippen LogP contribution in [0.2, 0.25) is 0 Å². The number of nitro groups is 1. The molecule has 0 atom stereocenters. The number of nitro benzene ring substituents is 1. The average molecular weight is 420 g/mol. The van der Waals surface area contributed by atoms with E-state index in [0.29, 0.717) is 17.1 Å². The van der Waals surface area contributed by atoms with Gasteiger partial charge in [-0.05, 0) is 61.4 Å². The number of carbonyl (C=O) groups excluding carboxylic acids is 2. The fourth-order valence-electron chi connectivity index (χ4n) is 3.48. The van der Waals surface area contributed by atoms with Crippen LogP contribution in [0.3, 0.4) is 0 Å². The van der Waals surface area contributed by atoms with E-state index < -0.39 is 10.8 Å². The van der Waals surface area contributed by atoms with E-state index in [9.17, 15) is 19.7 Å². The lowest BCUT2D eigenvalue weighted by atomic mass is 10.1. The van der Waals surface area contributed by atoms with Gasteiger partial charge in [-0.1, -0.05) is 0 Å². The zero-order valence-electron chi connectivity index (χ0n) is 16.5. The third-order valence-corrected chi connectivity index (χ3v) is 5.03. The first-order valence-corrected chi connectivity index (χ1v) is 9.81. The van der Waals surface area contributed by atoms with Gasteiger partial charge in [0.25, 0.3) is 17.5 Å². The molecule has 2 heterocycles. The van der Waals surface area contributed by atoms with Crippen LogP contribution in [0.5, 0.6) is 0 Å². The molecule has 31 heavy (non-hydrogen) atoms. The van der Waals surface area contributed by atoms with Crippen molar-refractivity contribution < 1.29 is 18.9 Å². The fourth-order valence-corrected chi connectivity index (χ4v) is 3.48. The van der Waals surface area contributed by atoms with Crippen LogP contribution < -0.4 is 15.5 Å². The number of anilines is 3. The molecule has 4 rings (SSSR count). The standard InChI is InChI=1S/C22H20N4O5/c27-21(15-5-10-18(19(14-15)26(29)30)25-11-1-2-12-25)23-16-6-8-17(9-7-16)24-22(28)20-4-3-13-31-20/h3-10,13-14H,1-2,11-12H2,(H,23,27)(H,24,28). The Balaban J connectivity index is 1.44. The highest BCUT2D eigenvalue weighted by Crippen LogP contribution is 2.32. The normalized spacial score (nSPS) is 13.1. The summed E-state index contributed by atoms with van der Waals surface area (Å²) in [6, 6.07) is 14.2. The van der Waals surface area contributed by atoms with Gasteiger partial charge in [-0.15, -0.1) is 0 Å². The Kier molecular flexibility index (Phi) is 5.65. The molecule has 0 saturated carbocycles. The number of nitrogens with one attached hydrogen (secondary N) is 2. The molecule has 3 aromatic rings. The van der Waals surface area contributed by atoms with Crippen LogP contribution in [-0.2, 0) is 0 Å². The molecule has 1 aromatic heterocycles. The number of rotatable bonds is 6. The van der Waals surface area contributed by atoms with Crippen molar-refractivity contribution >= 4 is 34.6 Å². The van der Waals surface area contributed by atoms with Gasteiger partial charge in [-0.25, -0.2) is 0 Å². The van der Waals surface area contributed by atoms with Crippen LogP contribution in [0, 0.1) is 10.1 Å². The van der Waals surface area contributed by atoms with Crippen LogP contribution >= 0.6 is 0 Å². The summed E-state index contributed by atoms with van der Waals surface area (Å²) in [6.45, 7) is 1.55. The highest BCUT2D eigenvalue weighted by molar-refractivity contribution is 6.05. The lowest BCUT2D eigenvalue weighted by Gasteiger charge is -2.17. The maximum Gasteiger partial charge on any atom is 0.293 e. The molecule has 0 spiro atoms. The van der Waals surface area contributed by atoms with E-state index >= 15 is 0 Å². The van der Waals surface area contributed by atoms with Gasteiger partial charge in [0.2, 0.25) is 0 Å². The van der Waals surface area contributed by atoms with Gasteiger partial charge in [-0.3, -0.25) is 19.7 Å². The van der Waals surface area contributed by atoms with Gasteiger partial charge < -0.3 is 20.0 Å². The summed E-state index contributed by atoms with van der Waals surface area (Å²) in [5.41, 5.74) is 1.68. The molecule has 1 aliphatic rings. The van der Waals surface area contributed by atoms with Crippen molar-refractivity contribution in [3.8, 4) is 0 Å². The number of furan rings is 1. The second kappa shape index (κ2) is 8.70. The second-order valence-corrected chi connectivity index (χ2v) is 7.12.